The number of nitrogens with zero attached hydrogens (tertiary/aromatic N) is 1. The Labute approximate surface area is 141 Å². The van der Waals surface area contributed by atoms with E-state index in [-0.39, 0.29) is 6.04 Å². The normalized spacial score (nSPS) is 27.1. The van der Waals surface area contributed by atoms with E-state index in [1.54, 1.807) is 6.20 Å². The van der Waals surface area contributed by atoms with E-state index in [4.69, 9.17) is 0 Å². The maximum atomic E-state index is 12.6. The predicted octanol–water partition coefficient (Wildman–Crippen LogP) is 2.48. The molecule has 0 aliphatic carbocycles. The van der Waals surface area contributed by atoms with Gasteiger partial charge < -0.3 is 15.2 Å². The first kappa shape index (κ1) is 15.4. The van der Waals surface area contributed by atoms with Gasteiger partial charge in [-0.2, -0.15) is 0 Å². The lowest BCUT2D eigenvalue weighted by atomic mass is 9.82. The minimum absolute atomic E-state index is 0.109. The number of rotatable bonds is 3. The zero-order chi connectivity index (χ0) is 16.7. The number of benzene rings is 1. The molecule has 4 rings (SSSR count). The molecule has 0 saturated carbocycles. The molecule has 2 bridgehead atoms. The quantitative estimate of drug-likeness (QED) is 0.673. The third-order valence-corrected chi connectivity index (χ3v) is 5.72. The molecule has 1 aromatic heterocycles. The highest BCUT2D eigenvalue weighted by atomic mass is 16.2. The van der Waals surface area contributed by atoms with E-state index in [1.807, 2.05) is 24.3 Å². The van der Waals surface area contributed by atoms with Crippen molar-refractivity contribution in [1.82, 2.24) is 15.2 Å². The van der Waals surface area contributed by atoms with Gasteiger partial charge in [0.1, 0.15) is 0 Å². The lowest BCUT2D eigenvalue weighted by Gasteiger charge is -2.47. The maximum Gasteiger partial charge on any atom is 0.292 e. The molecule has 2 aliphatic heterocycles. The summed E-state index contributed by atoms with van der Waals surface area (Å²) in [6.45, 7) is 0. The number of aromatic amines is 1. The Hall–Kier alpha value is -2.14. The van der Waals surface area contributed by atoms with Crippen LogP contribution in [0.5, 0.6) is 0 Å². The second-order valence-corrected chi connectivity index (χ2v) is 7.12. The first-order chi connectivity index (χ1) is 11.6. The van der Waals surface area contributed by atoms with Crippen molar-refractivity contribution >= 4 is 22.6 Å². The predicted molar refractivity (Wildman–Crippen MR) is 93.0 cm³/mol. The van der Waals surface area contributed by atoms with Crippen LogP contribution in [0.2, 0.25) is 0 Å². The topological polar surface area (TPSA) is 65.2 Å². The SMILES string of the molecule is CN1C2CCCC1CC(NC(=O)C(=O)c1c[nH]c3ccccc13)C2. The van der Waals surface area contributed by atoms with Crippen molar-refractivity contribution < 1.29 is 9.59 Å². The number of hydrogen-bond acceptors (Lipinski definition) is 3. The molecule has 1 amide bonds. The highest BCUT2D eigenvalue weighted by Gasteiger charge is 2.37. The van der Waals surface area contributed by atoms with E-state index in [1.165, 1.54) is 19.3 Å². The van der Waals surface area contributed by atoms with Gasteiger partial charge in [-0.05, 0) is 38.8 Å². The molecule has 2 unspecified atom stereocenters. The van der Waals surface area contributed by atoms with E-state index in [0.29, 0.717) is 17.6 Å². The van der Waals surface area contributed by atoms with E-state index < -0.39 is 11.7 Å². The first-order valence-electron chi connectivity index (χ1n) is 8.76. The molecule has 1 aromatic carbocycles. The fourth-order valence-corrected chi connectivity index (χ4v) is 4.37. The van der Waals surface area contributed by atoms with Crippen LogP contribution in [0.15, 0.2) is 30.5 Å². The van der Waals surface area contributed by atoms with Gasteiger partial charge in [-0.1, -0.05) is 24.6 Å². The number of piperidine rings is 2. The van der Waals surface area contributed by atoms with Crippen molar-refractivity contribution in [3.05, 3.63) is 36.0 Å². The van der Waals surface area contributed by atoms with Gasteiger partial charge in [0, 0.05) is 35.2 Å². The molecule has 2 aromatic rings. The number of fused-ring (bicyclic) bond motifs is 3. The molecule has 5 heteroatoms. The number of ketones is 1. The second-order valence-electron chi connectivity index (χ2n) is 7.12. The Morgan fingerprint density at radius 2 is 1.88 bits per heavy atom. The van der Waals surface area contributed by atoms with Crippen molar-refractivity contribution in [3.8, 4) is 0 Å². The number of Topliss-reactive ketones (excluding diaryl/α,β-unsaturated/α-hetero) is 1. The molecule has 126 valence electrons. The van der Waals surface area contributed by atoms with Gasteiger partial charge in [-0.15, -0.1) is 0 Å². The number of H-pyrrole nitrogens is 1. The minimum Gasteiger partial charge on any atom is -0.360 e. The molecule has 0 radical (unpaired) electrons. The molecule has 2 atom stereocenters. The highest BCUT2D eigenvalue weighted by Crippen LogP contribution is 2.32. The second kappa shape index (κ2) is 6.06. The van der Waals surface area contributed by atoms with Crippen LogP contribution in [-0.2, 0) is 4.79 Å². The van der Waals surface area contributed by atoms with Gasteiger partial charge in [0.05, 0.1) is 5.56 Å². The van der Waals surface area contributed by atoms with Crippen LogP contribution in [-0.4, -0.2) is 46.7 Å². The monoisotopic (exact) mass is 325 g/mol. The molecule has 2 fully saturated rings. The number of amides is 1. The molecule has 3 heterocycles. The van der Waals surface area contributed by atoms with Crippen LogP contribution in [0.3, 0.4) is 0 Å². The van der Waals surface area contributed by atoms with Crippen molar-refractivity contribution in [3.63, 3.8) is 0 Å². The highest BCUT2D eigenvalue weighted by molar-refractivity contribution is 6.45. The third-order valence-electron chi connectivity index (χ3n) is 5.72. The summed E-state index contributed by atoms with van der Waals surface area (Å²) in [7, 11) is 2.18. The fraction of sp³-hybridized carbons (Fsp3) is 0.474. The average molecular weight is 325 g/mol. The first-order valence-corrected chi connectivity index (χ1v) is 8.76. The van der Waals surface area contributed by atoms with Gasteiger partial charge in [0.2, 0.25) is 0 Å². The Balaban J connectivity index is 1.47. The third kappa shape index (κ3) is 2.63. The molecule has 2 aliphatic rings. The van der Waals surface area contributed by atoms with Crippen molar-refractivity contribution in [2.45, 2.75) is 50.2 Å². The summed E-state index contributed by atoms with van der Waals surface area (Å²) in [5, 5.41) is 3.80. The van der Waals surface area contributed by atoms with E-state index >= 15 is 0 Å². The van der Waals surface area contributed by atoms with Crippen LogP contribution in [0.4, 0.5) is 0 Å². The number of nitrogens with one attached hydrogen (secondary N) is 2. The van der Waals surface area contributed by atoms with Crippen molar-refractivity contribution in [1.29, 1.82) is 0 Å². The minimum atomic E-state index is -0.479. The lowest BCUT2D eigenvalue weighted by Crippen LogP contribution is -2.55. The van der Waals surface area contributed by atoms with Crippen LogP contribution in [0, 0.1) is 0 Å². The number of aromatic nitrogens is 1. The van der Waals surface area contributed by atoms with E-state index in [2.05, 4.69) is 22.2 Å². The van der Waals surface area contributed by atoms with Crippen LogP contribution in [0.1, 0.15) is 42.5 Å². The Bertz CT molecular complexity index is 768. The van der Waals surface area contributed by atoms with Crippen molar-refractivity contribution in [2.75, 3.05) is 7.05 Å². The summed E-state index contributed by atoms with van der Waals surface area (Å²) in [5.41, 5.74) is 1.33. The largest absolute Gasteiger partial charge is 0.360 e. The number of carbonyl (C=O) groups is 2. The molecule has 2 N–H and O–H groups in total. The average Bonchev–Trinajstić information content (AvgIpc) is 2.99. The summed E-state index contributed by atoms with van der Waals surface area (Å²) < 4.78 is 0. The molecule has 2 saturated heterocycles. The number of carbonyl (C=O) groups excluding carboxylic acids is 2. The Morgan fingerprint density at radius 3 is 2.62 bits per heavy atom. The summed E-state index contributed by atoms with van der Waals surface area (Å²) >= 11 is 0. The maximum absolute atomic E-state index is 12.6. The van der Waals surface area contributed by atoms with Gasteiger partial charge in [0.15, 0.2) is 0 Å². The summed E-state index contributed by atoms with van der Waals surface area (Å²) in [6, 6.07) is 8.73. The van der Waals surface area contributed by atoms with Gasteiger partial charge >= 0.3 is 0 Å². The fourth-order valence-electron chi connectivity index (χ4n) is 4.37. The zero-order valence-electron chi connectivity index (χ0n) is 13.9. The van der Waals surface area contributed by atoms with E-state index in [0.717, 1.165) is 23.7 Å². The molecular formula is C19H23N3O2. The van der Waals surface area contributed by atoms with Crippen molar-refractivity contribution in [2.24, 2.45) is 0 Å². The summed E-state index contributed by atoms with van der Waals surface area (Å²) in [5.74, 6) is -0.927. The van der Waals surface area contributed by atoms with Crippen LogP contribution < -0.4 is 5.32 Å². The smallest absolute Gasteiger partial charge is 0.292 e. The molecule has 24 heavy (non-hydrogen) atoms. The molecular weight excluding hydrogens is 302 g/mol. The van der Waals surface area contributed by atoms with Gasteiger partial charge in [-0.25, -0.2) is 0 Å². The van der Waals surface area contributed by atoms with Crippen LogP contribution >= 0.6 is 0 Å². The number of para-hydroxylation sites is 1. The zero-order valence-corrected chi connectivity index (χ0v) is 13.9. The standard InChI is InChI=1S/C19H23N3O2/c1-22-13-5-4-6-14(22)10-12(9-13)21-19(24)18(23)16-11-20-17-8-3-2-7-15(16)17/h2-3,7-8,11-14,20H,4-6,9-10H2,1H3,(H,21,24). The van der Waals surface area contributed by atoms with Crippen LogP contribution in [0.25, 0.3) is 10.9 Å². The number of hydrogen-bond donors (Lipinski definition) is 2. The molecule has 0 spiro atoms. The Kier molecular flexibility index (Phi) is 3.88. The van der Waals surface area contributed by atoms with Gasteiger partial charge in [-0.3, -0.25) is 9.59 Å². The lowest BCUT2D eigenvalue weighted by molar-refractivity contribution is -0.118. The summed E-state index contributed by atoms with van der Waals surface area (Å²) in [4.78, 5) is 30.5. The summed E-state index contributed by atoms with van der Waals surface area (Å²) in [6.07, 6.45) is 7.18. The van der Waals surface area contributed by atoms with E-state index in [9.17, 15) is 9.59 Å². The Morgan fingerprint density at radius 1 is 1.17 bits per heavy atom. The molecule has 5 nitrogen and oxygen atoms in total. The van der Waals surface area contributed by atoms with Gasteiger partial charge in [0.25, 0.3) is 11.7 Å².